The summed E-state index contributed by atoms with van der Waals surface area (Å²) in [5.41, 5.74) is 2.12. The van der Waals surface area contributed by atoms with Crippen LogP contribution in [-0.2, 0) is 13.6 Å². The SMILES string of the molecule is Cc1nc(CN2C(=O)c3cccn3[C@H]3CN(C(=O)c4ccnn4C)C[C@H]32)cs1. The zero-order valence-electron chi connectivity index (χ0n) is 15.6. The van der Waals surface area contributed by atoms with Gasteiger partial charge in [-0.1, -0.05) is 0 Å². The first kappa shape index (κ1) is 17.2. The van der Waals surface area contributed by atoms with E-state index in [-0.39, 0.29) is 23.9 Å². The Labute approximate surface area is 166 Å². The molecule has 2 aliphatic rings. The van der Waals surface area contributed by atoms with E-state index in [0.29, 0.717) is 31.0 Å². The number of rotatable bonds is 3. The molecule has 0 unspecified atom stereocenters. The molecule has 144 valence electrons. The number of amides is 2. The first-order valence-electron chi connectivity index (χ1n) is 9.19. The molecule has 0 aliphatic carbocycles. The Morgan fingerprint density at radius 1 is 1.29 bits per heavy atom. The first-order chi connectivity index (χ1) is 13.5. The normalized spacial score (nSPS) is 21.1. The largest absolute Gasteiger partial charge is 0.337 e. The third-order valence-electron chi connectivity index (χ3n) is 5.60. The van der Waals surface area contributed by atoms with Crippen molar-refractivity contribution in [3.05, 3.63) is 58.1 Å². The average Bonchev–Trinajstić information content (AvgIpc) is 3.44. The van der Waals surface area contributed by atoms with Crippen molar-refractivity contribution in [2.24, 2.45) is 7.05 Å². The fraction of sp³-hybridized carbons (Fsp3) is 0.368. The van der Waals surface area contributed by atoms with Gasteiger partial charge in [-0.15, -0.1) is 11.3 Å². The molecule has 9 heteroatoms. The van der Waals surface area contributed by atoms with Gasteiger partial charge in [-0.05, 0) is 25.1 Å². The molecule has 0 radical (unpaired) electrons. The van der Waals surface area contributed by atoms with E-state index in [1.54, 1.807) is 35.3 Å². The predicted octanol–water partition coefficient (Wildman–Crippen LogP) is 1.71. The fourth-order valence-corrected chi connectivity index (χ4v) is 4.87. The number of hydrogen-bond acceptors (Lipinski definition) is 5. The van der Waals surface area contributed by atoms with Gasteiger partial charge in [-0.3, -0.25) is 14.3 Å². The number of thiazole rings is 1. The Morgan fingerprint density at radius 3 is 2.82 bits per heavy atom. The number of aryl methyl sites for hydroxylation is 2. The highest BCUT2D eigenvalue weighted by Gasteiger charge is 2.46. The zero-order chi connectivity index (χ0) is 19.4. The maximum atomic E-state index is 13.2. The summed E-state index contributed by atoms with van der Waals surface area (Å²) < 4.78 is 3.61. The lowest BCUT2D eigenvalue weighted by atomic mass is 10.1. The molecule has 2 atom stereocenters. The maximum absolute atomic E-state index is 13.2. The quantitative estimate of drug-likeness (QED) is 0.675. The summed E-state index contributed by atoms with van der Waals surface area (Å²) in [7, 11) is 1.76. The minimum atomic E-state index is -0.0772. The highest BCUT2D eigenvalue weighted by molar-refractivity contribution is 7.09. The Hall–Kier alpha value is -2.94. The van der Waals surface area contributed by atoms with Gasteiger partial charge in [0.15, 0.2) is 0 Å². The number of carbonyl (C=O) groups is 2. The van der Waals surface area contributed by atoms with Crippen molar-refractivity contribution in [3.8, 4) is 0 Å². The molecule has 8 nitrogen and oxygen atoms in total. The second-order valence-electron chi connectivity index (χ2n) is 7.28. The smallest absolute Gasteiger partial charge is 0.272 e. The van der Waals surface area contributed by atoms with Crippen LogP contribution in [0.3, 0.4) is 0 Å². The molecule has 0 bridgehead atoms. The molecule has 0 spiro atoms. The van der Waals surface area contributed by atoms with Crippen LogP contribution in [-0.4, -0.2) is 60.1 Å². The molecule has 2 amide bonds. The van der Waals surface area contributed by atoms with Crippen LogP contribution in [0.25, 0.3) is 0 Å². The summed E-state index contributed by atoms with van der Waals surface area (Å²) in [6.07, 6.45) is 3.56. The summed E-state index contributed by atoms with van der Waals surface area (Å²) in [6.45, 7) is 3.49. The van der Waals surface area contributed by atoms with E-state index in [9.17, 15) is 9.59 Å². The van der Waals surface area contributed by atoms with Crippen molar-refractivity contribution < 1.29 is 9.59 Å². The summed E-state index contributed by atoms with van der Waals surface area (Å²) in [6, 6.07) is 5.44. The van der Waals surface area contributed by atoms with E-state index in [0.717, 1.165) is 10.7 Å². The van der Waals surface area contributed by atoms with Gasteiger partial charge in [-0.2, -0.15) is 5.10 Å². The molecular formula is C19H20N6O2S. The molecule has 1 saturated heterocycles. The average molecular weight is 396 g/mol. The standard InChI is InChI=1S/C19H20N6O2S/c1-12-21-13(11-28-12)8-25-17-10-23(18(26)14-5-6-20-22(14)2)9-16(17)24-7-3-4-15(24)19(25)27/h3-7,11,16-17H,8-10H2,1-2H3/t16-,17+/m0/s1. The third kappa shape index (κ3) is 2.57. The lowest BCUT2D eigenvalue weighted by molar-refractivity contribution is 0.0547. The topological polar surface area (TPSA) is 76.3 Å². The minimum absolute atomic E-state index is 0.00765. The minimum Gasteiger partial charge on any atom is -0.337 e. The number of nitrogens with zero attached hydrogens (tertiary/aromatic N) is 6. The lowest BCUT2D eigenvalue weighted by Crippen LogP contribution is -2.50. The van der Waals surface area contributed by atoms with Gasteiger partial charge in [0.1, 0.15) is 11.4 Å². The Morgan fingerprint density at radius 2 is 2.11 bits per heavy atom. The van der Waals surface area contributed by atoms with Crippen molar-refractivity contribution >= 4 is 23.2 Å². The van der Waals surface area contributed by atoms with E-state index in [2.05, 4.69) is 10.1 Å². The number of likely N-dealkylation sites (tertiary alicyclic amines) is 1. The molecular weight excluding hydrogens is 376 g/mol. The number of carbonyl (C=O) groups excluding carboxylic acids is 2. The van der Waals surface area contributed by atoms with E-state index in [1.165, 1.54) is 0 Å². The lowest BCUT2D eigenvalue weighted by Gasteiger charge is -2.37. The Bertz CT molecular complexity index is 1070. The number of fused-ring (bicyclic) bond motifs is 3. The van der Waals surface area contributed by atoms with Gasteiger partial charge in [0, 0.05) is 37.9 Å². The second-order valence-corrected chi connectivity index (χ2v) is 8.34. The summed E-state index contributed by atoms with van der Waals surface area (Å²) >= 11 is 1.58. The monoisotopic (exact) mass is 396 g/mol. The predicted molar refractivity (Wildman–Crippen MR) is 103 cm³/mol. The maximum Gasteiger partial charge on any atom is 0.272 e. The molecule has 3 aromatic heterocycles. The van der Waals surface area contributed by atoms with Crippen LogP contribution in [0.4, 0.5) is 0 Å². The Kier molecular flexibility index (Phi) is 3.87. The number of hydrogen-bond donors (Lipinski definition) is 0. The van der Waals surface area contributed by atoms with E-state index < -0.39 is 0 Å². The van der Waals surface area contributed by atoms with Gasteiger partial charge >= 0.3 is 0 Å². The highest BCUT2D eigenvalue weighted by Crippen LogP contribution is 2.35. The van der Waals surface area contributed by atoms with Crippen LogP contribution in [0.2, 0.25) is 0 Å². The van der Waals surface area contributed by atoms with Crippen LogP contribution in [0.5, 0.6) is 0 Å². The molecule has 3 aromatic rings. The van der Waals surface area contributed by atoms with Crippen molar-refractivity contribution in [3.63, 3.8) is 0 Å². The second kappa shape index (κ2) is 6.30. The molecule has 5 heterocycles. The van der Waals surface area contributed by atoms with Crippen LogP contribution in [0.1, 0.15) is 37.7 Å². The summed E-state index contributed by atoms with van der Waals surface area (Å²) in [5, 5.41) is 7.09. The van der Waals surface area contributed by atoms with Crippen molar-refractivity contribution in [1.82, 2.24) is 29.1 Å². The van der Waals surface area contributed by atoms with Crippen LogP contribution >= 0.6 is 11.3 Å². The molecule has 1 fully saturated rings. The summed E-state index contributed by atoms with van der Waals surface area (Å²) in [5.74, 6) is -0.0632. The van der Waals surface area contributed by atoms with Crippen LogP contribution in [0, 0.1) is 6.92 Å². The van der Waals surface area contributed by atoms with E-state index in [1.807, 2.05) is 45.0 Å². The number of aromatic nitrogens is 4. The van der Waals surface area contributed by atoms with Gasteiger partial charge in [0.05, 0.1) is 29.3 Å². The van der Waals surface area contributed by atoms with Gasteiger partial charge in [0.25, 0.3) is 11.8 Å². The van der Waals surface area contributed by atoms with Gasteiger partial charge < -0.3 is 14.4 Å². The molecule has 28 heavy (non-hydrogen) atoms. The highest BCUT2D eigenvalue weighted by atomic mass is 32.1. The van der Waals surface area contributed by atoms with Crippen molar-refractivity contribution in [2.45, 2.75) is 25.6 Å². The van der Waals surface area contributed by atoms with E-state index in [4.69, 9.17) is 0 Å². The molecule has 0 aromatic carbocycles. The molecule has 0 N–H and O–H groups in total. The zero-order valence-corrected chi connectivity index (χ0v) is 16.5. The van der Waals surface area contributed by atoms with Gasteiger partial charge in [0.2, 0.25) is 0 Å². The third-order valence-corrected chi connectivity index (χ3v) is 6.42. The van der Waals surface area contributed by atoms with E-state index >= 15 is 0 Å². The Balaban J connectivity index is 1.48. The molecule has 0 saturated carbocycles. The summed E-state index contributed by atoms with van der Waals surface area (Å²) in [4.78, 5) is 34.4. The van der Waals surface area contributed by atoms with Gasteiger partial charge in [-0.25, -0.2) is 4.98 Å². The van der Waals surface area contributed by atoms with Crippen molar-refractivity contribution in [1.29, 1.82) is 0 Å². The van der Waals surface area contributed by atoms with Crippen molar-refractivity contribution in [2.75, 3.05) is 13.1 Å². The fourth-order valence-electron chi connectivity index (χ4n) is 4.27. The van der Waals surface area contributed by atoms with Crippen LogP contribution in [0.15, 0.2) is 36.0 Å². The first-order valence-corrected chi connectivity index (χ1v) is 10.1. The van der Waals surface area contributed by atoms with Crippen LogP contribution < -0.4 is 0 Å². The molecule has 2 aliphatic heterocycles. The molecule has 5 rings (SSSR count).